The zero-order valence-electron chi connectivity index (χ0n) is 12.5. The molecule has 0 aromatic heterocycles. The van der Waals surface area contributed by atoms with E-state index in [1.165, 1.54) is 4.90 Å². The Labute approximate surface area is 125 Å². The van der Waals surface area contributed by atoms with Gasteiger partial charge in [-0.3, -0.25) is 4.79 Å². The first-order chi connectivity index (χ1) is 10.1. The number of ether oxygens (including phenoxy) is 1. The molecule has 0 bridgehead atoms. The predicted octanol–water partition coefficient (Wildman–Crippen LogP) is 3.32. The summed E-state index contributed by atoms with van der Waals surface area (Å²) in [6.07, 6.45) is 3.78. The molecule has 0 N–H and O–H groups in total. The van der Waals surface area contributed by atoms with Gasteiger partial charge in [-0.1, -0.05) is 49.8 Å². The summed E-state index contributed by atoms with van der Waals surface area (Å²) in [6, 6.07) is 9.60. The van der Waals surface area contributed by atoms with Gasteiger partial charge in [0.1, 0.15) is 6.61 Å². The van der Waals surface area contributed by atoms with Crippen LogP contribution in [0.3, 0.4) is 0 Å². The molecule has 21 heavy (non-hydrogen) atoms. The van der Waals surface area contributed by atoms with E-state index in [0.717, 1.165) is 18.4 Å². The maximum absolute atomic E-state index is 12.4. The van der Waals surface area contributed by atoms with Gasteiger partial charge in [-0.05, 0) is 25.3 Å². The summed E-state index contributed by atoms with van der Waals surface area (Å²) in [7, 11) is 0. The summed E-state index contributed by atoms with van der Waals surface area (Å²) in [6.45, 7) is 4.07. The Morgan fingerprint density at radius 2 is 2.10 bits per heavy atom. The molecule has 1 heterocycles. The van der Waals surface area contributed by atoms with E-state index in [1.54, 1.807) is 6.92 Å². The Morgan fingerprint density at radius 3 is 2.76 bits per heavy atom. The molecule has 2 rings (SSSR count). The third-order valence-corrected chi connectivity index (χ3v) is 3.57. The number of imide groups is 1. The highest BCUT2D eigenvalue weighted by Gasteiger charge is 2.38. The second-order valence-corrected chi connectivity index (χ2v) is 5.27. The van der Waals surface area contributed by atoms with Crippen molar-refractivity contribution in [2.75, 3.05) is 6.61 Å². The highest BCUT2D eigenvalue weighted by atomic mass is 16.6. The van der Waals surface area contributed by atoms with Crippen molar-refractivity contribution in [1.82, 2.24) is 4.90 Å². The Morgan fingerprint density at radius 1 is 1.38 bits per heavy atom. The Balaban J connectivity index is 2.11. The average Bonchev–Trinajstić information content (AvgIpc) is 2.85. The largest absolute Gasteiger partial charge is 0.447 e. The van der Waals surface area contributed by atoms with Gasteiger partial charge in [0.05, 0.1) is 6.04 Å². The molecular formula is C17H21NO3. The smallest absolute Gasteiger partial charge is 0.417 e. The van der Waals surface area contributed by atoms with Crippen molar-refractivity contribution in [2.24, 2.45) is 0 Å². The average molecular weight is 287 g/mol. The molecule has 4 heteroatoms. The van der Waals surface area contributed by atoms with Gasteiger partial charge in [-0.25, -0.2) is 9.69 Å². The van der Waals surface area contributed by atoms with Crippen LogP contribution in [0, 0.1) is 0 Å². The molecule has 112 valence electrons. The van der Waals surface area contributed by atoms with Gasteiger partial charge in [-0.2, -0.15) is 0 Å². The third kappa shape index (κ3) is 3.72. The van der Waals surface area contributed by atoms with Gasteiger partial charge >= 0.3 is 6.09 Å². The topological polar surface area (TPSA) is 46.6 Å². The second-order valence-electron chi connectivity index (χ2n) is 5.27. The number of nitrogens with zero attached hydrogens (tertiary/aromatic N) is 1. The standard InChI is InChI=1S/C17H21NO3/c1-3-4-8-13(2)16(19)18-15(12-21-17(18)20)11-14-9-6-5-7-10-14/h5-10,15H,3-4,11-12H2,1-2H3/b13-8+/t15-/m0/s1. The minimum atomic E-state index is -0.537. The molecular weight excluding hydrogens is 266 g/mol. The summed E-state index contributed by atoms with van der Waals surface area (Å²) in [5.74, 6) is -0.244. The fraction of sp³-hybridized carbons (Fsp3) is 0.412. The normalized spacial score (nSPS) is 18.8. The van der Waals surface area contributed by atoms with E-state index in [9.17, 15) is 9.59 Å². The van der Waals surface area contributed by atoms with Crippen LogP contribution in [0.5, 0.6) is 0 Å². The highest BCUT2D eigenvalue weighted by Crippen LogP contribution is 2.20. The number of carbonyl (C=O) groups is 2. The van der Waals surface area contributed by atoms with Crippen LogP contribution in [0.25, 0.3) is 0 Å². The van der Waals surface area contributed by atoms with Gasteiger partial charge in [0.15, 0.2) is 0 Å². The molecule has 1 aliphatic heterocycles. The lowest BCUT2D eigenvalue weighted by Crippen LogP contribution is -2.40. The van der Waals surface area contributed by atoms with Gasteiger partial charge in [-0.15, -0.1) is 0 Å². The fourth-order valence-electron chi connectivity index (χ4n) is 2.38. The van der Waals surface area contributed by atoms with Crippen LogP contribution < -0.4 is 0 Å². The molecule has 1 aromatic rings. The third-order valence-electron chi connectivity index (χ3n) is 3.57. The molecule has 0 spiro atoms. The summed E-state index contributed by atoms with van der Waals surface area (Å²) in [5.41, 5.74) is 1.70. The molecule has 1 aromatic carbocycles. The zero-order chi connectivity index (χ0) is 15.2. The lowest BCUT2D eigenvalue weighted by molar-refractivity contribution is -0.125. The lowest BCUT2D eigenvalue weighted by atomic mass is 10.1. The van der Waals surface area contributed by atoms with Crippen molar-refractivity contribution < 1.29 is 14.3 Å². The molecule has 1 fully saturated rings. The Hall–Kier alpha value is -2.10. The Bertz CT molecular complexity index is 536. The van der Waals surface area contributed by atoms with Crippen molar-refractivity contribution in [3.63, 3.8) is 0 Å². The lowest BCUT2D eigenvalue weighted by Gasteiger charge is -2.20. The van der Waals surface area contributed by atoms with Crippen LogP contribution in [0.1, 0.15) is 32.3 Å². The van der Waals surface area contributed by atoms with Crippen LogP contribution >= 0.6 is 0 Å². The maximum atomic E-state index is 12.4. The van der Waals surface area contributed by atoms with Gasteiger partial charge < -0.3 is 4.74 Å². The number of amides is 2. The minimum absolute atomic E-state index is 0.225. The van der Waals surface area contributed by atoms with Crippen LogP contribution in [0.15, 0.2) is 42.0 Å². The summed E-state index contributed by atoms with van der Waals surface area (Å²) < 4.78 is 5.07. The number of cyclic esters (lactones) is 1. The van der Waals surface area contributed by atoms with E-state index < -0.39 is 6.09 Å². The summed E-state index contributed by atoms with van der Waals surface area (Å²) in [5, 5.41) is 0. The monoisotopic (exact) mass is 287 g/mol. The molecule has 2 amide bonds. The molecule has 0 radical (unpaired) electrons. The summed E-state index contributed by atoms with van der Waals surface area (Å²) in [4.78, 5) is 25.5. The number of hydrogen-bond acceptors (Lipinski definition) is 3. The molecule has 0 saturated carbocycles. The van der Waals surface area contributed by atoms with Crippen molar-refractivity contribution >= 4 is 12.0 Å². The van der Waals surface area contributed by atoms with Crippen LogP contribution in [-0.4, -0.2) is 29.5 Å². The Kier molecular flexibility index (Phi) is 5.14. The summed E-state index contributed by atoms with van der Waals surface area (Å²) >= 11 is 0. The second kappa shape index (κ2) is 7.07. The quantitative estimate of drug-likeness (QED) is 0.780. The maximum Gasteiger partial charge on any atom is 0.417 e. The van der Waals surface area contributed by atoms with E-state index in [4.69, 9.17) is 4.74 Å². The van der Waals surface area contributed by atoms with Gasteiger partial charge in [0.2, 0.25) is 0 Å². The van der Waals surface area contributed by atoms with Crippen LogP contribution in [0.4, 0.5) is 4.79 Å². The van der Waals surface area contributed by atoms with Crippen molar-refractivity contribution in [3.05, 3.63) is 47.5 Å². The van der Waals surface area contributed by atoms with E-state index in [2.05, 4.69) is 6.92 Å². The van der Waals surface area contributed by atoms with E-state index in [-0.39, 0.29) is 18.6 Å². The molecule has 1 saturated heterocycles. The van der Waals surface area contributed by atoms with Crippen molar-refractivity contribution in [3.8, 4) is 0 Å². The highest BCUT2D eigenvalue weighted by molar-refractivity contribution is 6.03. The molecule has 1 atom stereocenters. The number of unbranched alkanes of at least 4 members (excludes halogenated alkanes) is 1. The number of benzene rings is 1. The SMILES string of the molecule is CCC/C=C(\C)C(=O)N1C(=O)OC[C@@H]1Cc1ccccc1. The van der Waals surface area contributed by atoms with Crippen molar-refractivity contribution in [1.29, 1.82) is 0 Å². The zero-order valence-corrected chi connectivity index (χ0v) is 12.5. The molecule has 0 unspecified atom stereocenters. The van der Waals surface area contributed by atoms with E-state index in [1.807, 2.05) is 36.4 Å². The van der Waals surface area contributed by atoms with Crippen LogP contribution in [-0.2, 0) is 16.0 Å². The van der Waals surface area contributed by atoms with E-state index in [0.29, 0.717) is 12.0 Å². The fourth-order valence-corrected chi connectivity index (χ4v) is 2.38. The van der Waals surface area contributed by atoms with Gasteiger partial charge in [0.25, 0.3) is 5.91 Å². The first kappa shape index (κ1) is 15.3. The molecule has 4 nitrogen and oxygen atoms in total. The van der Waals surface area contributed by atoms with Crippen molar-refractivity contribution in [2.45, 2.75) is 39.2 Å². The van der Waals surface area contributed by atoms with Crippen LogP contribution in [0.2, 0.25) is 0 Å². The number of allylic oxidation sites excluding steroid dienone is 1. The van der Waals surface area contributed by atoms with E-state index >= 15 is 0 Å². The molecule has 0 aliphatic carbocycles. The predicted molar refractivity (Wildman–Crippen MR) is 80.8 cm³/mol. The van der Waals surface area contributed by atoms with Gasteiger partial charge in [0, 0.05) is 5.57 Å². The first-order valence-electron chi connectivity index (χ1n) is 7.34. The number of hydrogen-bond donors (Lipinski definition) is 0. The number of carbonyl (C=O) groups excluding carboxylic acids is 2. The number of rotatable bonds is 5. The minimum Gasteiger partial charge on any atom is -0.447 e. The first-order valence-corrected chi connectivity index (χ1v) is 7.34. The molecule has 1 aliphatic rings.